The molecule has 1 aliphatic heterocycles. The lowest BCUT2D eigenvalue weighted by atomic mass is 10.1. The number of carbonyl (C=O) groups is 1. The van der Waals surface area contributed by atoms with E-state index in [0.29, 0.717) is 0 Å². The van der Waals surface area contributed by atoms with Crippen LogP contribution in [0.3, 0.4) is 0 Å². The van der Waals surface area contributed by atoms with Crippen molar-refractivity contribution in [3.8, 4) is 0 Å². The van der Waals surface area contributed by atoms with Crippen molar-refractivity contribution in [1.29, 1.82) is 0 Å². The Bertz CT molecular complexity index is 211. The molecule has 1 aliphatic rings. The van der Waals surface area contributed by atoms with E-state index in [1.54, 1.807) is 0 Å². The molecule has 4 heteroatoms. The first-order valence-electron chi connectivity index (χ1n) is 6.12. The van der Waals surface area contributed by atoms with Crippen molar-refractivity contribution in [2.75, 3.05) is 26.7 Å². The summed E-state index contributed by atoms with van der Waals surface area (Å²) in [4.78, 5) is 13.9. The summed E-state index contributed by atoms with van der Waals surface area (Å²) in [6.45, 7) is 12.7. The monoisotopic (exact) mass is 229 g/mol. The van der Waals surface area contributed by atoms with Crippen LogP contribution < -0.4 is 10.6 Å². The van der Waals surface area contributed by atoms with Crippen molar-refractivity contribution in [3.63, 3.8) is 0 Å². The third-order valence-corrected chi connectivity index (χ3v) is 2.19. The molecule has 0 aromatic rings. The van der Waals surface area contributed by atoms with Gasteiger partial charge in [0.05, 0.1) is 6.04 Å². The van der Waals surface area contributed by atoms with Gasteiger partial charge in [0, 0.05) is 25.2 Å². The Morgan fingerprint density at radius 3 is 2.38 bits per heavy atom. The van der Waals surface area contributed by atoms with Crippen LogP contribution in [0.1, 0.15) is 34.6 Å². The molecular weight excluding hydrogens is 202 g/mol. The van der Waals surface area contributed by atoms with Gasteiger partial charge in [-0.2, -0.15) is 0 Å². The van der Waals surface area contributed by atoms with Crippen LogP contribution in [0.15, 0.2) is 0 Å². The predicted molar refractivity (Wildman–Crippen MR) is 68.5 cm³/mol. The predicted octanol–water partition coefficient (Wildman–Crippen LogP) is 0.831. The number of piperazine rings is 1. The summed E-state index contributed by atoms with van der Waals surface area (Å²) in [7, 11) is 2.04. The van der Waals surface area contributed by atoms with Crippen molar-refractivity contribution in [2.24, 2.45) is 0 Å². The highest BCUT2D eigenvalue weighted by atomic mass is 16.2. The Labute approximate surface area is 99.8 Å². The average Bonchev–Trinajstić information content (AvgIpc) is 2.18. The summed E-state index contributed by atoms with van der Waals surface area (Å²) >= 11 is 0. The largest absolute Gasteiger partial charge is 0.350 e. The van der Waals surface area contributed by atoms with Gasteiger partial charge in [0.1, 0.15) is 0 Å². The summed E-state index contributed by atoms with van der Waals surface area (Å²) in [6.07, 6.45) is 0. The van der Waals surface area contributed by atoms with E-state index in [1.807, 2.05) is 41.7 Å². The van der Waals surface area contributed by atoms with Crippen LogP contribution in [-0.2, 0) is 4.79 Å². The number of likely N-dealkylation sites (N-methyl/N-ethyl adjacent to an activating group) is 1. The van der Waals surface area contributed by atoms with Crippen LogP contribution in [0, 0.1) is 0 Å². The first-order valence-corrected chi connectivity index (χ1v) is 6.12. The Balaban J connectivity index is 0.00000106. The molecule has 0 spiro atoms. The Hall–Kier alpha value is -0.610. The molecule has 0 saturated carbocycles. The molecule has 1 amide bonds. The highest BCUT2D eigenvalue weighted by molar-refractivity contribution is 5.82. The highest BCUT2D eigenvalue weighted by Crippen LogP contribution is 2.02. The average molecular weight is 229 g/mol. The number of nitrogens with zero attached hydrogens (tertiary/aromatic N) is 1. The SMILES string of the molecule is CC.CN1CCNC(C(=O)NC(C)(C)C)C1. The van der Waals surface area contributed by atoms with Gasteiger partial charge >= 0.3 is 0 Å². The second-order valence-electron chi connectivity index (χ2n) is 5.01. The van der Waals surface area contributed by atoms with E-state index >= 15 is 0 Å². The van der Waals surface area contributed by atoms with Gasteiger partial charge in [0.15, 0.2) is 0 Å². The fraction of sp³-hybridized carbons (Fsp3) is 0.917. The van der Waals surface area contributed by atoms with Gasteiger partial charge in [-0.3, -0.25) is 4.79 Å². The smallest absolute Gasteiger partial charge is 0.238 e. The molecule has 1 heterocycles. The second-order valence-corrected chi connectivity index (χ2v) is 5.01. The molecular formula is C12H27N3O. The van der Waals surface area contributed by atoms with Gasteiger partial charge in [-0.05, 0) is 27.8 Å². The third kappa shape index (κ3) is 6.08. The maximum Gasteiger partial charge on any atom is 0.238 e. The maximum absolute atomic E-state index is 11.8. The lowest BCUT2D eigenvalue weighted by molar-refractivity contribution is -0.125. The van der Waals surface area contributed by atoms with Crippen LogP contribution in [0.5, 0.6) is 0 Å². The zero-order valence-corrected chi connectivity index (χ0v) is 11.6. The quantitative estimate of drug-likeness (QED) is 0.700. The lowest BCUT2D eigenvalue weighted by Gasteiger charge is -2.32. The molecule has 1 unspecified atom stereocenters. The molecule has 2 N–H and O–H groups in total. The zero-order chi connectivity index (χ0) is 12.8. The maximum atomic E-state index is 11.8. The minimum absolute atomic E-state index is 0.0621. The summed E-state index contributed by atoms with van der Waals surface area (Å²) in [5.41, 5.74) is -0.144. The minimum atomic E-state index is -0.144. The second kappa shape index (κ2) is 6.86. The molecule has 0 aromatic carbocycles. The number of hydrogen-bond acceptors (Lipinski definition) is 3. The van der Waals surface area contributed by atoms with Crippen molar-refractivity contribution in [3.05, 3.63) is 0 Å². The van der Waals surface area contributed by atoms with E-state index in [0.717, 1.165) is 19.6 Å². The molecule has 1 rings (SSSR count). The van der Waals surface area contributed by atoms with Crippen LogP contribution >= 0.6 is 0 Å². The number of nitrogens with one attached hydrogen (secondary N) is 2. The van der Waals surface area contributed by atoms with Crippen LogP contribution in [0.25, 0.3) is 0 Å². The molecule has 16 heavy (non-hydrogen) atoms. The fourth-order valence-corrected chi connectivity index (χ4v) is 1.53. The standard InChI is InChI=1S/C10H21N3O.C2H6/c1-10(2,3)12-9(14)8-7-13(4)6-5-11-8;1-2/h8,11H,5-7H2,1-4H3,(H,12,14);1-2H3. The summed E-state index contributed by atoms with van der Waals surface area (Å²) in [6, 6.07) is -0.0621. The molecule has 0 bridgehead atoms. The first kappa shape index (κ1) is 15.4. The molecule has 1 saturated heterocycles. The van der Waals surface area contributed by atoms with Gasteiger partial charge in [-0.15, -0.1) is 0 Å². The molecule has 1 fully saturated rings. The van der Waals surface area contributed by atoms with E-state index in [4.69, 9.17) is 0 Å². The molecule has 0 aliphatic carbocycles. The van der Waals surface area contributed by atoms with Gasteiger partial charge in [-0.25, -0.2) is 0 Å². The van der Waals surface area contributed by atoms with E-state index in [-0.39, 0.29) is 17.5 Å². The molecule has 4 nitrogen and oxygen atoms in total. The van der Waals surface area contributed by atoms with Gasteiger partial charge in [0.25, 0.3) is 0 Å². The normalized spacial score (nSPS) is 22.0. The third-order valence-electron chi connectivity index (χ3n) is 2.19. The number of hydrogen-bond donors (Lipinski definition) is 2. The summed E-state index contributed by atoms with van der Waals surface area (Å²) in [5, 5.41) is 6.20. The fourth-order valence-electron chi connectivity index (χ4n) is 1.53. The summed E-state index contributed by atoms with van der Waals surface area (Å²) in [5.74, 6) is 0.101. The number of rotatable bonds is 1. The molecule has 0 radical (unpaired) electrons. The van der Waals surface area contributed by atoms with Gasteiger partial charge in [0.2, 0.25) is 5.91 Å². The van der Waals surface area contributed by atoms with Crippen molar-refractivity contribution >= 4 is 5.91 Å². The molecule has 0 aromatic heterocycles. The highest BCUT2D eigenvalue weighted by Gasteiger charge is 2.25. The molecule has 96 valence electrons. The Morgan fingerprint density at radius 2 is 1.94 bits per heavy atom. The van der Waals surface area contributed by atoms with Gasteiger partial charge in [-0.1, -0.05) is 13.8 Å². The Kier molecular flexibility index (Phi) is 6.60. The van der Waals surface area contributed by atoms with Crippen LogP contribution in [0.2, 0.25) is 0 Å². The van der Waals surface area contributed by atoms with Crippen molar-refractivity contribution < 1.29 is 4.79 Å². The minimum Gasteiger partial charge on any atom is -0.350 e. The van der Waals surface area contributed by atoms with E-state index in [1.165, 1.54) is 0 Å². The summed E-state index contributed by atoms with van der Waals surface area (Å²) < 4.78 is 0. The van der Waals surface area contributed by atoms with Crippen molar-refractivity contribution in [2.45, 2.75) is 46.2 Å². The van der Waals surface area contributed by atoms with Gasteiger partial charge < -0.3 is 15.5 Å². The zero-order valence-electron chi connectivity index (χ0n) is 11.6. The lowest BCUT2D eigenvalue weighted by Crippen LogP contribution is -2.58. The topological polar surface area (TPSA) is 44.4 Å². The van der Waals surface area contributed by atoms with Crippen LogP contribution in [-0.4, -0.2) is 49.1 Å². The van der Waals surface area contributed by atoms with Crippen LogP contribution in [0.4, 0.5) is 0 Å². The number of carbonyl (C=O) groups excluding carboxylic acids is 1. The Morgan fingerprint density at radius 1 is 1.38 bits per heavy atom. The van der Waals surface area contributed by atoms with E-state index in [2.05, 4.69) is 15.5 Å². The van der Waals surface area contributed by atoms with E-state index in [9.17, 15) is 4.79 Å². The van der Waals surface area contributed by atoms with Crippen molar-refractivity contribution in [1.82, 2.24) is 15.5 Å². The number of amides is 1. The van der Waals surface area contributed by atoms with E-state index < -0.39 is 0 Å². The first-order chi connectivity index (χ1) is 7.38. The molecule has 1 atom stereocenters.